The van der Waals surface area contributed by atoms with Gasteiger partial charge in [-0.2, -0.15) is 4.31 Å². The van der Waals surface area contributed by atoms with Gasteiger partial charge in [0.05, 0.1) is 5.75 Å². The Balaban J connectivity index is 1.39. The maximum atomic E-state index is 13.1. The summed E-state index contributed by atoms with van der Waals surface area (Å²) >= 11 is 0. The van der Waals surface area contributed by atoms with Gasteiger partial charge in [0.1, 0.15) is 11.6 Å². The van der Waals surface area contributed by atoms with Crippen LogP contribution in [0.5, 0.6) is 5.75 Å². The Kier molecular flexibility index (Phi) is 7.28. The highest BCUT2D eigenvalue weighted by Gasteiger charge is 2.26. The molecule has 0 saturated carbocycles. The summed E-state index contributed by atoms with van der Waals surface area (Å²) in [7, 11) is -3.47. The van der Waals surface area contributed by atoms with Gasteiger partial charge < -0.3 is 15.0 Å². The van der Waals surface area contributed by atoms with E-state index in [-0.39, 0.29) is 30.6 Å². The maximum absolute atomic E-state index is 13.1. The van der Waals surface area contributed by atoms with Crippen molar-refractivity contribution in [2.24, 2.45) is 0 Å². The minimum Gasteiger partial charge on any atom is -0.484 e. The first-order chi connectivity index (χ1) is 14.3. The van der Waals surface area contributed by atoms with E-state index in [9.17, 15) is 17.6 Å². The van der Waals surface area contributed by atoms with E-state index in [0.29, 0.717) is 31.9 Å². The maximum Gasteiger partial charge on any atom is 0.257 e. The van der Waals surface area contributed by atoms with Crippen LogP contribution in [0.4, 0.5) is 10.1 Å². The Morgan fingerprint density at radius 2 is 1.67 bits per heavy atom. The second-order valence-corrected chi connectivity index (χ2v) is 9.22. The second kappa shape index (κ2) is 9.90. The minimum absolute atomic E-state index is 0.0244. The molecule has 1 fully saturated rings. The van der Waals surface area contributed by atoms with Crippen LogP contribution >= 0.6 is 0 Å². The summed E-state index contributed by atoms with van der Waals surface area (Å²) in [5.74, 6) is -0.250. The van der Waals surface area contributed by atoms with E-state index < -0.39 is 10.0 Å². The van der Waals surface area contributed by atoms with E-state index in [1.807, 2.05) is 24.0 Å². The van der Waals surface area contributed by atoms with Crippen molar-refractivity contribution < 1.29 is 22.3 Å². The zero-order chi connectivity index (χ0) is 21.6. The Bertz CT molecular complexity index is 941. The lowest BCUT2D eigenvalue weighted by atomic mass is 10.2. The number of amides is 1. The van der Waals surface area contributed by atoms with Crippen molar-refractivity contribution in [2.75, 3.05) is 50.0 Å². The average molecular weight is 436 g/mol. The summed E-state index contributed by atoms with van der Waals surface area (Å²) in [4.78, 5) is 13.9. The van der Waals surface area contributed by atoms with Crippen LogP contribution < -0.4 is 15.0 Å². The molecule has 1 N–H and O–H groups in total. The SMILES string of the molecule is Cc1ccc(OCC(=O)NCCS(=O)(=O)N2CCN(c3ccc(F)cc3)CC2)cc1. The van der Waals surface area contributed by atoms with Crippen molar-refractivity contribution in [1.82, 2.24) is 9.62 Å². The molecule has 1 aliphatic heterocycles. The molecule has 1 aliphatic rings. The molecule has 30 heavy (non-hydrogen) atoms. The molecule has 0 atom stereocenters. The quantitative estimate of drug-likeness (QED) is 0.684. The van der Waals surface area contributed by atoms with Gasteiger partial charge in [-0.25, -0.2) is 12.8 Å². The predicted molar refractivity (Wildman–Crippen MR) is 114 cm³/mol. The van der Waals surface area contributed by atoms with Gasteiger partial charge in [-0.1, -0.05) is 17.7 Å². The van der Waals surface area contributed by atoms with Crippen LogP contribution in [0.2, 0.25) is 0 Å². The number of rotatable bonds is 8. The fourth-order valence-electron chi connectivity index (χ4n) is 3.16. The zero-order valence-electron chi connectivity index (χ0n) is 16.9. The number of carbonyl (C=O) groups excluding carboxylic acids is 1. The number of aryl methyl sites for hydroxylation is 1. The largest absolute Gasteiger partial charge is 0.484 e. The molecule has 3 rings (SSSR count). The summed E-state index contributed by atoms with van der Waals surface area (Å²) in [6.45, 7) is 3.58. The van der Waals surface area contributed by atoms with Crippen LogP contribution in [0.25, 0.3) is 0 Å². The molecule has 0 spiro atoms. The fourth-order valence-corrected chi connectivity index (χ4v) is 4.50. The number of nitrogens with one attached hydrogen (secondary N) is 1. The number of anilines is 1. The number of nitrogens with zero attached hydrogens (tertiary/aromatic N) is 2. The normalized spacial score (nSPS) is 15.1. The molecule has 1 amide bonds. The average Bonchev–Trinajstić information content (AvgIpc) is 2.74. The number of sulfonamides is 1. The lowest BCUT2D eigenvalue weighted by Crippen LogP contribution is -2.50. The second-order valence-electron chi connectivity index (χ2n) is 7.13. The van der Waals surface area contributed by atoms with Gasteiger partial charge in [0.15, 0.2) is 6.61 Å². The van der Waals surface area contributed by atoms with E-state index in [1.54, 1.807) is 24.3 Å². The van der Waals surface area contributed by atoms with Crippen molar-refractivity contribution in [1.29, 1.82) is 0 Å². The van der Waals surface area contributed by atoms with E-state index in [1.165, 1.54) is 16.4 Å². The summed E-state index contributed by atoms with van der Waals surface area (Å²) in [5.41, 5.74) is 1.96. The molecule has 9 heteroatoms. The van der Waals surface area contributed by atoms with Gasteiger partial charge in [0, 0.05) is 38.4 Å². The number of hydrogen-bond acceptors (Lipinski definition) is 5. The number of carbonyl (C=O) groups is 1. The van der Waals surface area contributed by atoms with Crippen LogP contribution in [0.1, 0.15) is 5.56 Å². The highest BCUT2D eigenvalue weighted by Crippen LogP contribution is 2.18. The van der Waals surface area contributed by atoms with E-state index >= 15 is 0 Å². The van der Waals surface area contributed by atoms with Crippen molar-refractivity contribution in [3.05, 3.63) is 59.9 Å². The number of ether oxygens (including phenoxy) is 1. The number of hydrogen-bond donors (Lipinski definition) is 1. The Morgan fingerprint density at radius 3 is 2.30 bits per heavy atom. The summed E-state index contributed by atoms with van der Waals surface area (Å²) in [5, 5.41) is 2.58. The highest BCUT2D eigenvalue weighted by molar-refractivity contribution is 7.89. The molecule has 2 aromatic carbocycles. The first-order valence-electron chi connectivity index (χ1n) is 9.78. The predicted octanol–water partition coefficient (Wildman–Crippen LogP) is 1.78. The minimum atomic E-state index is -3.47. The molecule has 0 bridgehead atoms. The van der Waals surface area contributed by atoms with Crippen LogP contribution in [0, 0.1) is 12.7 Å². The standard InChI is InChI=1S/C21H26FN3O4S/c1-17-2-8-20(9-3-17)29-16-21(26)23-10-15-30(27,28)25-13-11-24(12-14-25)19-6-4-18(22)5-7-19/h2-9H,10-16H2,1H3,(H,23,26). The molecule has 0 aromatic heterocycles. The van der Waals surface area contributed by atoms with Crippen LogP contribution in [0.3, 0.4) is 0 Å². The third kappa shape index (κ3) is 6.17. The molecule has 1 heterocycles. The third-order valence-corrected chi connectivity index (χ3v) is 6.77. The number of halogens is 1. The Hall–Kier alpha value is -2.65. The summed E-state index contributed by atoms with van der Waals surface area (Å²) in [6, 6.07) is 13.5. The van der Waals surface area contributed by atoms with Gasteiger partial charge in [-0.15, -0.1) is 0 Å². The Labute approximate surface area is 176 Å². The fraction of sp³-hybridized carbons (Fsp3) is 0.381. The van der Waals surface area contributed by atoms with Crippen molar-refractivity contribution in [3.63, 3.8) is 0 Å². The monoisotopic (exact) mass is 435 g/mol. The molecule has 0 unspecified atom stereocenters. The molecule has 0 radical (unpaired) electrons. The molecule has 162 valence electrons. The summed E-state index contributed by atoms with van der Waals surface area (Å²) < 4.78 is 45.0. The molecular formula is C21H26FN3O4S. The topological polar surface area (TPSA) is 78.9 Å². The number of piperazine rings is 1. The van der Waals surface area contributed by atoms with Crippen LogP contribution in [-0.4, -0.2) is 63.7 Å². The molecule has 2 aromatic rings. The first kappa shape index (κ1) is 22.0. The third-order valence-electron chi connectivity index (χ3n) is 4.90. The molecular weight excluding hydrogens is 409 g/mol. The van der Waals surface area contributed by atoms with Crippen LogP contribution in [-0.2, 0) is 14.8 Å². The summed E-state index contributed by atoms with van der Waals surface area (Å²) in [6.07, 6.45) is 0. The zero-order valence-corrected chi connectivity index (χ0v) is 17.7. The van der Waals surface area contributed by atoms with Gasteiger partial charge in [-0.05, 0) is 43.3 Å². The van der Waals surface area contributed by atoms with Crippen molar-refractivity contribution in [2.45, 2.75) is 6.92 Å². The van der Waals surface area contributed by atoms with Crippen molar-refractivity contribution >= 4 is 21.6 Å². The van der Waals surface area contributed by atoms with E-state index in [4.69, 9.17) is 4.74 Å². The lowest BCUT2D eigenvalue weighted by molar-refractivity contribution is -0.122. The first-order valence-corrected chi connectivity index (χ1v) is 11.4. The number of benzene rings is 2. The molecule has 1 saturated heterocycles. The Morgan fingerprint density at radius 1 is 1.03 bits per heavy atom. The molecule has 7 nitrogen and oxygen atoms in total. The smallest absolute Gasteiger partial charge is 0.257 e. The molecule has 0 aliphatic carbocycles. The van der Waals surface area contributed by atoms with Gasteiger partial charge in [-0.3, -0.25) is 4.79 Å². The van der Waals surface area contributed by atoms with Gasteiger partial charge in [0.2, 0.25) is 10.0 Å². The van der Waals surface area contributed by atoms with Crippen molar-refractivity contribution in [3.8, 4) is 5.75 Å². The van der Waals surface area contributed by atoms with Crippen LogP contribution in [0.15, 0.2) is 48.5 Å². The van der Waals surface area contributed by atoms with Gasteiger partial charge >= 0.3 is 0 Å². The van der Waals surface area contributed by atoms with E-state index in [2.05, 4.69) is 5.32 Å². The van der Waals surface area contributed by atoms with Gasteiger partial charge in [0.25, 0.3) is 5.91 Å². The highest BCUT2D eigenvalue weighted by atomic mass is 32.2. The van der Waals surface area contributed by atoms with E-state index in [0.717, 1.165) is 11.3 Å². The lowest BCUT2D eigenvalue weighted by Gasteiger charge is -2.35.